The third-order valence-electron chi connectivity index (χ3n) is 1.32. The summed E-state index contributed by atoms with van der Waals surface area (Å²) in [5, 5.41) is 0. The number of benzene rings is 1. The van der Waals surface area contributed by atoms with Crippen LogP contribution < -0.4 is 5.48 Å². The largest absolute Gasteiger partial charge is 0.678 e. The van der Waals surface area contributed by atoms with Crippen molar-refractivity contribution < 1.29 is 13.8 Å². The van der Waals surface area contributed by atoms with Gasteiger partial charge in [0.1, 0.15) is 6.61 Å². The summed E-state index contributed by atoms with van der Waals surface area (Å²) in [6.45, 7) is 0.181. The predicted octanol–water partition coefficient (Wildman–Crippen LogP) is 1.70. The number of nitrogens with zero attached hydrogens (tertiary/aromatic N) is 1. The van der Waals surface area contributed by atoms with E-state index in [1.54, 1.807) is 0 Å². The van der Waals surface area contributed by atoms with Crippen molar-refractivity contribution in [2.45, 2.75) is 6.61 Å². The van der Waals surface area contributed by atoms with Crippen molar-refractivity contribution in [3.05, 3.63) is 35.9 Å². The Hall–Kier alpha value is -1.04. The second-order valence-electron chi connectivity index (χ2n) is 2.21. The smallest absolute Gasteiger partial charge is 0.404 e. The summed E-state index contributed by atoms with van der Waals surface area (Å²) in [4.78, 5) is 10.7. The number of carbonyl (C=O) groups is 1. The molecule has 0 fully saturated rings. The molecule has 13 heavy (non-hydrogen) atoms. The molecule has 5 heteroatoms. The van der Waals surface area contributed by atoms with Gasteiger partial charge in [-0.2, -0.15) is 4.79 Å². The van der Waals surface area contributed by atoms with Gasteiger partial charge in [0.2, 0.25) is 0 Å². The van der Waals surface area contributed by atoms with Crippen LogP contribution in [0.5, 0.6) is 0 Å². The van der Waals surface area contributed by atoms with Crippen molar-refractivity contribution >= 4 is 19.0 Å². The molecule has 0 aliphatic heterocycles. The zero-order valence-electron chi connectivity index (χ0n) is 6.71. The molecule has 1 amide bonds. The number of thiol groups is 1. The Bertz CT molecular complexity index is 265. The molecule has 0 saturated heterocycles. The number of ether oxygens (including phenoxy) is 1. The number of rotatable bonds is 3. The molecule has 1 aromatic rings. The summed E-state index contributed by atoms with van der Waals surface area (Å²) in [5.41, 5.74) is 3.84. The highest BCUT2D eigenvalue weighted by Crippen LogP contribution is 2.00. The summed E-state index contributed by atoms with van der Waals surface area (Å²) < 4.78 is 8.63. The van der Waals surface area contributed by atoms with Gasteiger partial charge in [0.05, 0.1) is 12.9 Å². The zero-order valence-corrected chi connectivity index (χ0v) is 7.61. The molecule has 1 rings (SSSR count). The van der Waals surface area contributed by atoms with Gasteiger partial charge in [0.25, 0.3) is 0 Å². The average Bonchev–Trinajstić information content (AvgIpc) is 2.17. The molecule has 0 aliphatic rings. The molecule has 68 valence electrons. The van der Waals surface area contributed by atoms with E-state index in [9.17, 15) is 4.79 Å². The van der Waals surface area contributed by atoms with E-state index in [2.05, 4.69) is 27.4 Å². The molecule has 0 aromatic heterocycles. The molecule has 0 heterocycles. The van der Waals surface area contributed by atoms with Crippen LogP contribution in [0.4, 0.5) is 4.79 Å². The second kappa shape index (κ2) is 5.58. The number of carbonyl (C=O) groups excluding carboxylic acids is 1. The molecule has 0 saturated carbocycles. The maximum Gasteiger partial charge on any atom is 0.678 e. The Labute approximate surface area is 81.4 Å². The molecular weight excluding hydrogens is 190 g/mol. The second-order valence-corrected chi connectivity index (χ2v) is 2.38. The lowest BCUT2D eigenvalue weighted by Gasteiger charge is -1.95. The first kappa shape index (κ1) is 10.0. The van der Waals surface area contributed by atoms with E-state index in [1.807, 2.05) is 30.3 Å². The first-order chi connectivity index (χ1) is 6.33. The standard InChI is InChI=1S/C8H8NO3S/c10-8(9-12-13)11-6-7-4-2-1-3-5-7/h1-5,13H,6H2/q+1. The Morgan fingerprint density at radius 2 is 2.08 bits per heavy atom. The first-order valence-corrected chi connectivity index (χ1v) is 3.92. The van der Waals surface area contributed by atoms with E-state index in [0.717, 1.165) is 5.56 Å². The van der Waals surface area contributed by atoms with Crippen molar-refractivity contribution in [2.24, 2.45) is 0 Å². The van der Waals surface area contributed by atoms with Crippen molar-refractivity contribution in [3.63, 3.8) is 0 Å². The van der Waals surface area contributed by atoms with Crippen molar-refractivity contribution in [3.8, 4) is 0 Å². The molecule has 0 N–H and O–H groups in total. The Morgan fingerprint density at radius 1 is 1.38 bits per heavy atom. The van der Waals surface area contributed by atoms with Gasteiger partial charge in [-0.1, -0.05) is 30.3 Å². The third-order valence-corrected chi connectivity index (χ3v) is 1.40. The van der Waals surface area contributed by atoms with Gasteiger partial charge in [-0.15, -0.1) is 0 Å². The highest BCUT2D eigenvalue weighted by Gasteiger charge is 2.22. The summed E-state index contributed by atoms with van der Waals surface area (Å²) in [6, 6.07) is 9.28. The summed E-state index contributed by atoms with van der Waals surface area (Å²) >= 11 is 3.27. The first-order valence-electron chi connectivity index (χ1n) is 3.55. The molecule has 0 spiro atoms. The fraction of sp³-hybridized carbons (Fsp3) is 0.125. The fourth-order valence-corrected chi connectivity index (χ4v) is 0.846. The van der Waals surface area contributed by atoms with E-state index in [0.29, 0.717) is 0 Å². The third kappa shape index (κ3) is 3.93. The fourth-order valence-electron chi connectivity index (χ4n) is 0.779. The molecule has 0 unspecified atom stereocenters. The van der Waals surface area contributed by atoms with Gasteiger partial charge in [-0.3, -0.25) is 0 Å². The van der Waals surface area contributed by atoms with Crippen LogP contribution in [0, 0.1) is 0 Å². The Balaban J connectivity index is 2.31. The van der Waals surface area contributed by atoms with Crippen molar-refractivity contribution in [1.82, 2.24) is 5.48 Å². The maximum atomic E-state index is 10.7. The highest BCUT2D eigenvalue weighted by atomic mass is 32.1. The minimum absolute atomic E-state index is 0.181. The monoisotopic (exact) mass is 198 g/mol. The number of hydroxylamine groups is 1. The molecule has 0 aliphatic carbocycles. The summed E-state index contributed by atoms with van der Waals surface area (Å²) in [5.74, 6) is 0. The van der Waals surface area contributed by atoms with Crippen molar-refractivity contribution in [2.75, 3.05) is 0 Å². The van der Waals surface area contributed by atoms with Crippen LogP contribution in [0.2, 0.25) is 0 Å². The highest BCUT2D eigenvalue weighted by molar-refractivity contribution is 7.75. The van der Waals surface area contributed by atoms with Gasteiger partial charge in [0.15, 0.2) is 0 Å². The minimum Gasteiger partial charge on any atom is -0.404 e. The quantitative estimate of drug-likeness (QED) is 0.457. The maximum absolute atomic E-state index is 10.7. The number of hydrogen-bond acceptors (Lipinski definition) is 4. The van der Waals surface area contributed by atoms with E-state index >= 15 is 0 Å². The van der Waals surface area contributed by atoms with Crippen LogP contribution in [0.3, 0.4) is 0 Å². The Kier molecular flexibility index (Phi) is 4.31. The van der Waals surface area contributed by atoms with Crippen LogP contribution >= 0.6 is 12.9 Å². The van der Waals surface area contributed by atoms with E-state index in [1.165, 1.54) is 0 Å². The lowest BCUT2D eigenvalue weighted by Crippen LogP contribution is -2.13. The van der Waals surface area contributed by atoms with Gasteiger partial charge < -0.3 is 4.74 Å². The van der Waals surface area contributed by atoms with Crippen LogP contribution in [0.1, 0.15) is 5.56 Å². The van der Waals surface area contributed by atoms with Crippen LogP contribution in [0.15, 0.2) is 30.3 Å². The number of amides is 1. The van der Waals surface area contributed by atoms with Crippen LogP contribution in [-0.2, 0) is 15.6 Å². The van der Waals surface area contributed by atoms with Gasteiger partial charge in [-0.05, 0) is 9.85 Å². The lowest BCUT2D eigenvalue weighted by molar-refractivity contribution is 0.101. The lowest BCUT2D eigenvalue weighted by atomic mass is 10.2. The molecule has 0 atom stereocenters. The van der Waals surface area contributed by atoms with Crippen molar-refractivity contribution in [1.29, 1.82) is 0 Å². The SMILES string of the molecule is O=C([N+]OS)OCc1ccccc1. The summed E-state index contributed by atoms with van der Waals surface area (Å²) in [6.07, 6.45) is -0.793. The van der Waals surface area contributed by atoms with Gasteiger partial charge in [-0.25, -0.2) is 0 Å². The minimum atomic E-state index is -0.793. The van der Waals surface area contributed by atoms with Gasteiger partial charge >= 0.3 is 11.6 Å². The van der Waals surface area contributed by atoms with E-state index in [4.69, 9.17) is 0 Å². The van der Waals surface area contributed by atoms with Crippen LogP contribution in [0.25, 0.3) is 0 Å². The molecule has 0 bridgehead atoms. The summed E-state index contributed by atoms with van der Waals surface area (Å²) in [7, 11) is 0. The predicted molar refractivity (Wildman–Crippen MR) is 48.8 cm³/mol. The molecule has 1 aromatic carbocycles. The molecule has 2 radical (unpaired) electrons. The molecule has 4 nitrogen and oxygen atoms in total. The van der Waals surface area contributed by atoms with Crippen LogP contribution in [-0.4, -0.2) is 6.09 Å². The molecular formula is C8H8NO3S+. The Morgan fingerprint density at radius 3 is 2.69 bits per heavy atom. The van der Waals surface area contributed by atoms with E-state index in [-0.39, 0.29) is 6.61 Å². The van der Waals surface area contributed by atoms with E-state index < -0.39 is 6.09 Å². The van der Waals surface area contributed by atoms with Gasteiger partial charge in [0, 0.05) is 0 Å². The zero-order chi connectivity index (χ0) is 9.52. The normalized spacial score (nSPS) is 9.62. The topological polar surface area (TPSA) is 49.6 Å². The number of hydrogen-bond donors (Lipinski definition) is 1. The average molecular weight is 198 g/mol.